The number of amides is 1. The lowest BCUT2D eigenvalue weighted by molar-refractivity contribution is -0.144. The fourth-order valence-electron chi connectivity index (χ4n) is 2.36. The third-order valence-electron chi connectivity index (χ3n) is 3.57. The highest BCUT2D eigenvalue weighted by molar-refractivity contribution is 5.90. The van der Waals surface area contributed by atoms with E-state index in [0.717, 1.165) is 11.1 Å². The van der Waals surface area contributed by atoms with Gasteiger partial charge in [0.05, 0.1) is 0 Å². The number of nitrogens with one attached hydrogen (secondary N) is 2. The van der Waals surface area contributed by atoms with Gasteiger partial charge in [-0.25, -0.2) is 0 Å². The van der Waals surface area contributed by atoms with Crippen LogP contribution in [0.4, 0.5) is 19.1 Å². The molecule has 9 heteroatoms. The van der Waals surface area contributed by atoms with E-state index >= 15 is 0 Å². The maximum Gasteiger partial charge on any atom is 0.451 e. The van der Waals surface area contributed by atoms with Gasteiger partial charge in [-0.15, -0.1) is 5.10 Å². The Morgan fingerprint density at radius 1 is 1.07 bits per heavy atom. The number of aromatic nitrogens is 3. The molecule has 3 rings (SSSR count). The second-order valence-corrected chi connectivity index (χ2v) is 5.61. The van der Waals surface area contributed by atoms with Gasteiger partial charge in [0.25, 0.3) is 5.91 Å². The summed E-state index contributed by atoms with van der Waals surface area (Å²) in [6, 6.07) is 17.0. The smallest absolute Gasteiger partial charge is 0.451 e. The van der Waals surface area contributed by atoms with Crippen molar-refractivity contribution in [2.45, 2.75) is 12.6 Å². The summed E-state index contributed by atoms with van der Waals surface area (Å²) < 4.78 is 42.9. The molecule has 0 aliphatic rings. The largest absolute Gasteiger partial charge is 0.483 e. The molecule has 6 nitrogen and oxygen atoms in total. The average molecular weight is 376 g/mol. The Kier molecular flexibility index (Phi) is 5.39. The van der Waals surface area contributed by atoms with Crippen LogP contribution in [-0.2, 0) is 17.4 Å². The molecule has 1 heterocycles. The van der Waals surface area contributed by atoms with Gasteiger partial charge in [-0.05, 0) is 17.2 Å². The fourth-order valence-corrected chi connectivity index (χ4v) is 2.36. The lowest BCUT2D eigenvalue weighted by Gasteiger charge is -2.11. The Bertz CT molecular complexity index is 910. The van der Waals surface area contributed by atoms with Crippen LogP contribution in [0.3, 0.4) is 0 Å². The highest BCUT2D eigenvalue weighted by atomic mass is 19.4. The summed E-state index contributed by atoms with van der Waals surface area (Å²) in [6.45, 7) is -0.387. The quantitative estimate of drug-likeness (QED) is 0.691. The van der Waals surface area contributed by atoms with Crippen molar-refractivity contribution in [2.24, 2.45) is 0 Å². The van der Waals surface area contributed by atoms with Crippen molar-refractivity contribution in [1.29, 1.82) is 0 Å². The first-order chi connectivity index (χ1) is 12.9. The SMILES string of the molecule is O=C(COc1ccccc1Cc1ccccc1)Nc1n[nH]c(C(F)(F)F)n1. The molecular formula is C18H15F3N4O2. The van der Waals surface area contributed by atoms with Crippen LogP contribution in [-0.4, -0.2) is 27.7 Å². The van der Waals surface area contributed by atoms with Crippen LogP contribution >= 0.6 is 0 Å². The molecular weight excluding hydrogens is 361 g/mol. The predicted octanol–water partition coefficient (Wildman–Crippen LogP) is 3.43. The summed E-state index contributed by atoms with van der Waals surface area (Å²) in [6.07, 6.45) is -4.04. The monoisotopic (exact) mass is 376 g/mol. The van der Waals surface area contributed by atoms with Crippen LogP contribution in [0, 0.1) is 0 Å². The van der Waals surface area contributed by atoms with Crippen molar-refractivity contribution in [3.05, 3.63) is 71.5 Å². The number of carbonyl (C=O) groups is 1. The molecule has 0 saturated carbocycles. The van der Waals surface area contributed by atoms with Crippen molar-refractivity contribution in [2.75, 3.05) is 11.9 Å². The van der Waals surface area contributed by atoms with Crippen LogP contribution in [0.5, 0.6) is 5.75 Å². The van der Waals surface area contributed by atoms with E-state index in [1.165, 1.54) is 0 Å². The third kappa shape index (κ3) is 5.06. The van der Waals surface area contributed by atoms with Gasteiger partial charge in [0.15, 0.2) is 6.61 Å². The van der Waals surface area contributed by atoms with Gasteiger partial charge in [0, 0.05) is 6.42 Å². The Labute approximate surface area is 152 Å². The number of nitrogens with zero attached hydrogens (tertiary/aromatic N) is 2. The molecule has 0 atom stereocenters. The number of hydrogen-bond donors (Lipinski definition) is 2. The molecule has 140 valence electrons. The lowest BCUT2D eigenvalue weighted by Crippen LogP contribution is -2.21. The molecule has 0 radical (unpaired) electrons. The molecule has 0 unspecified atom stereocenters. The highest BCUT2D eigenvalue weighted by Gasteiger charge is 2.35. The highest BCUT2D eigenvalue weighted by Crippen LogP contribution is 2.26. The fraction of sp³-hybridized carbons (Fsp3) is 0.167. The summed E-state index contributed by atoms with van der Waals surface area (Å²) in [4.78, 5) is 15.1. The molecule has 1 amide bonds. The first-order valence-corrected chi connectivity index (χ1v) is 7.96. The number of hydrogen-bond acceptors (Lipinski definition) is 4. The summed E-state index contributed by atoms with van der Waals surface area (Å²) in [5, 5.41) is 7.18. The number of alkyl halides is 3. The van der Waals surface area contributed by atoms with E-state index in [1.54, 1.807) is 17.2 Å². The molecule has 0 spiro atoms. The van der Waals surface area contributed by atoms with Gasteiger partial charge in [-0.3, -0.25) is 15.2 Å². The van der Waals surface area contributed by atoms with E-state index in [9.17, 15) is 18.0 Å². The molecule has 2 N–H and O–H groups in total. The molecule has 2 aromatic carbocycles. The minimum Gasteiger partial charge on any atom is -0.483 e. The Hall–Kier alpha value is -3.36. The number of para-hydroxylation sites is 1. The topological polar surface area (TPSA) is 79.9 Å². The number of benzene rings is 2. The van der Waals surface area contributed by atoms with E-state index < -0.39 is 23.9 Å². The van der Waals surface area contributed by atoms with Gasteiger partial charge < -0.3 is 4.74 Å². The summed E-state index contributed by atoms with van der Waals surface area (Å²) in [7, 11) is 0. The molecule has 27 heavy (non-hydrogen) atoms. The summed E-state index contributed by atoms with van der Waals surface area (Å²) >= 11 is 0. The van der Waals surface area contributed by atoms with E-state index in [4.69, 9.17) is 4.74 Å². The number of carbonyl (C=O) groups excluding carboxylic acids is 1. The first-order valence-electron chi connectivity index (χ1n) is 7.96. The molecule has 0 aliphatic heterocycles. The van der Waals surface area contributed by atoms with Crippen molar-refractivity contribution < 1.29 is 22.7 Å². The minimum absolute atomic E-state index is 0.387. The van der Waals surface area contributed by atoms with E-state index in [-0.39, 0.29) is 6.61 Å². The summed E-state index contributed by atoms with van der Waals surface area (Å²) in [5.41, 5.74) is 1.96. The average Bonchev–Trinajstić information content (AvgIpc) is 3.11. The van der Waals surface area contributed by atoms with Crippen LogP contribution in [0.15, 0.2) is 54.6 Å². The molecule has 0 aliphatic carbocycles. The van der Waals surface area contributed by atoms with E-state index in [0.29, 0.717) is 12.2 Å². The maximum absolute atomic E-state index is 12.5. The Balaban J connectivity index is 1.60. The Morgan fingerprint density at radius 2 is 1.78 bits per heavy atom. The zero-order chi connectivity index (χ0) is 19.3. The zero-order valence-electron chi connectivity index (χ0n) is 14.0. The first kappa shape index (κ1) is 18.4. The standard InChI is InChI=1S/C18H15F3N4O2/c19-18(20,21)16-23-17(25-24-16)22-15(26)11-27-14-9-5-4-8-13(14)10-12-6-2-1-3-7-12/h1-9H,10-11H2,(H2,22,23,24,25,26). The number of ether oxygens (including phenoxy) is 1. The normalized spacial score (nSPS) is 11.2. The maximum atomic E-state index is 12.5. The second kappa shape index (κ2) is 7.90. The molecule has 0 saturated heterocycles. The van der Waals surface area contributed by atoms with Gasteiger partial charge in [-0.2, -0.15) is 18.2 Å². The molecule has 3 aromatic rings. The van der Waals surface area contributed by atoms with Crippen molar-refractivity contribution in [3.8, 4) is 5.75 Å². The Morgan fingerprint density at radius 3 is 2.48 bits per heavy atom. The second-order valence-electron chi connectivity index (χ2n) is 5.61. The number of aromatic amines is 1. The number of rotatable bonds is 6. The molecule has 0 bridgehead atoms. The van der Waals surface area contributed by atoms with Crippen molar-refractivity contribution in [1.82, 2.24) is 15.2 Å². The van der Waals surface area contributed by atoms with E-state index in [1.807, 2.05) is 42.5 Å². The third-order valence-corrected chi connectivity index (χ3v) is 3.57. The van der Waals surface area contributed by atoms with Gasteiger partial charge in [-0.1, -0.05) is 48.5 Å². The van der Waals surface area contributed by atoms with Gasteiger partial charge in [0.2, 0.25) is 11.8 Å². The minimum atomic E-state index is -4.66. The van der Waals surface area contributed by atoms with Crippen LogP contribution in [0.25, 0.3) is 0 Å². The predicted molar refractivity (Wildman–Crippen MR) is 91.2 cm³/mol. The molecule has 0 fully saturated rings. The zero-order valence-corrected chi connectivity index (χ0v) is 14.0. The summed E-state index contributed by atoms with van der Waals surface area (Å²) in [5.74, 6) is -1.90. The number of anilines is 1. The van der Waals surface area contributed by atoms with Crippen LogP contribution in [0.2, 0.25) is 0 Å². The van der Waals surface area contributed by atoms with Gasteiger partial charge >= 0.3 is 6.18 Å². The van der Waals surface area contributed by atoms with Crippen molar-refractivity contribution in [3.63, 3.8) is 0 Å². The number of H-pyrrole nitrogens is 1. The van der Waals surface area contributed by atoms with Crippen LogP contribution < -0.4 is 10.1 Å². The molecule has 1 aromatic heterocycles. The lowest BCUT2D eigenvalue weighted by atomic mass is 10.0. The number of halogens is 3. The van der Waals surface area contributed by atoms with Crippen molar-refractivity contribution >= 4 is 11.9 Å². The van der Waals surface area contributed by atoms with Gasteiger partial charge in [0.1, 0.15) is 5.75 Å². The van der Waals surface area contributed by atoms with Crippen LogP contribution in [0.1, 0.15) is 17.0 Å². The van der Waals surface area contributed by atoms with E-state index in [2.05, 4.69) is 15.4 Å².